The SMILES string of the molecule is C=C1C(=O)O[C@@H]2C[C@]3(O)[C@@H]4O[C@@H]4C[C@H](C)[C@@]3(C)C[C@H]12. The molecule has 4 fully saturated rings. The van der Waals surface area contributed by atoms with Crippen LogP contribution in [0.4, 0.5) is 0 Å². The summed E-state index contributed by atoms with van der Waals surface area (Å²) >= 11 is 0. The normalized spacial score (nSPS) is 59.0. The first-order chi connectivity index (χ1) is 8.87. The molecule has 7 atom stereocenters. The number of ether oxygens (including phenoxy) is 2. The van der Waals surface area contributed by atoms with Crippen molar-refractivity contribution in [2.75, 3.05) is 0 Å². The second kappa shape index (κ2) is 3.23. The average molecular weight is 264 g/mol. The molecule has 4 nitrogen and oxygen atoms in total. The molecular weight excluding hydrogens is 244 g/mol. The molecule has 2 aliphatic carbocycles. The van der Waals surface area contributed by atoms with E-state index in [9.17, 15) is 9.90 Å². The van der Waals surface area contributed by atoms with Crippen LogP contribution in [-0.2, 0) is 14.3 Å². The molecule has 0 unspecified atom stereocenters. The van der Waals surface area contributed by atoms with Gasteiger partial charge in [-0.15, -0.1) is 0 Å². The summed E-state index contributed by atoms with van der Waals surface area (Å²) in [6.07, 6.45) is 2.18. The summed E-state index contributed by atoms with van der Waals surface area (Å²) in [5.41, 5.74) is -0.497. The number of epoxide rings is 1. The topological polar surface area (TPSA) is 59.1 Å². The van der Waals surface area contributed by atoms with Crippen molar-refractivity contribution in [1.29, 1.82) is 0 Å². The molecule has 4 aliphatic rings. The van der Waals surface area contributed by atoms with Gasteiger partial charge in [-0.05, 0) is 18.8 Å². The van der Waals surface area contributed by atoms with Crippen LogP contribution in [0.2, 0.25) is 0 Å². The minimum absolute atomic E-state index is 0.0653. The van der Waals surface area contributed by atoms with Crippen molar-refractivity contribution in [3.63, 3.8) is 0 Å². The van der Waals surface area contributed by atoms with Crippen molar-refractivity contribution in [2.24, 2.45) is 17.3 Å². The predicted octanol–water partition coefficient (Wildman–Crippen LogP) is 1.42. The molecule has 0 amide bonds. The van der Waals surface area contributed by atoms with E-state index in [4.69, 9.17) is 9.47 Å². The van der Waals surface area contributed by atoms with Gasteiger partial charge in [0.1, 0.15) is 17.8 Å². The Labute approximate surface area is 112 Å². The summed E-state index contributed by atoms with van der Waals surface area (Å²) in [5, 5.41) is 11.2. The van der Waals surface area contributed by atoms with Crippen LogP contribution in [0.5, 0.6) is 0 Å². The van der Waals surface area contributed by atoms with Gasteiger partial charge in [-0.2, -0.15) is 0 Å². The number of aliphatic hydroxyl groups is 1. The first-order valence-electron chi connectivity index (χ1n) is 7.14. The van der Waals surface area contributed by atoms with Crippen LogP contribution in [0, 0.1) is 17.3 Å². The first-order valence-corrected chi connectivity index (χ1v) is 7.14. The third kappa shape index (κ3) is 1.24. The lowest BCUT2D eigenvalue weighted by molar-refractivity contribution is -0.187. The summed E-state index contributed by atoms with van der Waals surface area (Å²) in [7, 11) is 0. The Morgan fingerprint density at radius 3 is 2.84 bits per heavy atom. The highest BCUT2D eigenvalue weighted by atomic mass is 16.6. The Morgan fingerprint density at radius 1 is 1.37 bits per heavy atom. The number of rotatable bonds is 0. The van der Waals surface area contributed by atoms with E-state index in [1.54, 1.807) is 0 Å². The maximum atomic E-state index is 11.7. The van der Waals surface area contributed by atoms with Crippen molar-refractivity contribution in [3.8, 4) is 0 Å². The molecule has 0 spiro atoms. The van der Waals surface area contributed by atoms with E-state index >= 15 is 0 Å². The van der Waals surface area contributed by atoms with Crippen LogP contribution in [0.3, 0.4) is 0 Å². The van der Waals surface area contributed by atoms with Crippen molar-refractivity contribution in [2.45, 2.75) is 57.0 Å². The smallest absolute Gasteiger partial charge is 0.334 e. The molecule has 2 aliphatic heterocycles. The molecule has 0 aromatic rings. The molecular formula is C15H20O4. The third-order valence-corrected chi connectivity index (χ3v) is 6.29. The Balaban J connectivity index is 1.75. The Kier molecular flexibility index (Phi) is 2.03. The number of carbonyl (C=O) groups is 1. The van der Waals surface area contributed by atoms with Gasteiger partial charge in [-0.3, -0.25) is 0 Å². The van der Waals surface area contributed by atoms with E-state index in [-0.39, 0.29) is 35.6 Å². The molecule has 2 heterocycles. The van der Waals surface area contributed by atoms with Crippen LogP contribution in [0.1, 0.15) is 33.1 Å². The van der Waals surface area contributed by atoms with Crippen LogP contribution >= 0.6 is 0 Å². The molecule has 0 bridgehead atoms. The van der Waals surface area contributed by atoms with Crippen molar-refractivity contribution < 1.29 is 19.4 Å². The second-order valence-corrected chi connectivity index (χ2v) is 7.06. The van der Waals surface area contributed by atoms with Gasteiger partial charge in [0.2, 0.25) is 0 Å². The van der Waals surface area contributed by atoms with E-state index < -0.39 is 5.60 Å². The van der Waals surface area contributed by atoms with Gasteiger partial charge in [0.25, 0.3) is 0 Å². The number of carbonyl (C=O) groups excluding carboxylic acids is 1. The van der Waals surface area contributed by atoms with E-state index in [1.807, 2.05) is 0 Å². The van der Waals surface area contributed by atoms with Crippen LogP contribution in [0.15, 0.2) is 12.2 Å². The van der Waals surface area contributed by atoms with Gasteiger partial charge in [-0.25, -0.2) is 4.79 Å². The summed E-state index contributed by atoms with van der Waals surface area (Å²) in [6, 6.07) is 0. The predicted molar refractivity (Wildman–Crippen MR) is 67.2 cm³/mol. The molecule has 4 heteroatoms. The highest BCUT2D eigenvalue weighted by Crippen LogP contribution is 2.64. The molecule has 4 rings (SSSR count). The Morgan fingerprint density at radius 2 is 2.11 bits per heavy atom. The van der Waals surface area contributed by atoms with Crippen LogP contribution < -0.4 is 0 Å². The number of fused-ring (bicyclic) bond motifs is 4. The van der Waals surface area contributed by atoms with Gasteiger partial charge >= 0.3 is 5.97 Å². The fourth-order valence-corrected chi connectivity index (χ4v) is 4.70. The molecule has 19 heavy (non-hydrogen) atoms. The summed E-state index contributed by atoms with van der Waals surface area (Å²) in [5.74, 6) is 0.156. The van der Waals surface area contributed by atoms with Gasteiger partial charge in [0, 0.05) is 23.3 Å². The van der Waals surface area contributed by atoms with Crippen molar-refractivity contribution in [3.05, 3.63) is 12.2 Å². The minimum Gasteiger partial charge on any atom is -0.458 e. The van der Waals surface area contributed by atoms with Gasteiger partial charge < -0.3 is 14.6 Å². The zero-order valence-corrected chi connectivity index (χ0v) is 11.4. The lowest BCUT2D eigenvalue weighted by atomic mass is 9.50. The van der Waals surface area contributed by atoms with Crippen LogP contribution in [0.25, 0.3) is 0 Å². The molecule has 104 valence electrons. The number of esters is 1. The van der Waals surface area contributed by atoms with Gasteiger partial charge in [0.15, 0.2) is 0 Å². The highest BCUT2D eigenvalue weighted by molar-refractivity contribution is 5.90. The fourth-order valence-electron chi connectivity index (χ4n) is 4.70. The van der Waals surface area contributed by atoms with Gasteiger partial charge in [-0.1, -0.05) is 20.4 Å². The minimum atomic E-state index is -0.860. The quantitative estimate of drug-likeness (QED) is 0.408. The van der Waals surface area contributed by atoms with E-state index in [0.717, 1.165) is 12.8 Å². The van der Waals surface area contributed by atoms with E-state index in [2.05, 4.69) is 20.4 Å². The van der Waals surface area contributed by atoms with Gasteiger partial charge in [0.05, 0.1) is 6.10 Å². The largest absolute Gasteiger partial charge is 0.458 e. The maximum absolute atomic E-state index is 11.7. The van der Waals surface area contributed by atoms with E-state index in [0.29, 0.717) is 17.9 Å². The molecule has 1 N–H and O–H groups in total. The summed E-state index contributed by atoms with van der Waals surface area (Å²) in [6.45, 7) is 8.20. The molecule has 2 saturated heterocycles. The number of hydrogen-bond acceptors (Lipinski definition) is 4. The monoisotopic (exact) mass is 264 g/mol. The zero-order chi connectivity index (χ0) is 13.6. The summed E-state index contributed by atoms with van der Waals surface area (Å²) < 4.78 is 11.1. The summed E-state index contributed by atoms with van der Waals surface area (Å²) in [4.78, 5) is 11.7. The van der Waals surface area contributed by atoms with Crippen molar-refractivity contribution >= 4 is 5.97 Å². The molecule has 0 aromatic heterocycles. The number of hydrogen-bond donors (Lipinski definition) is 1. The second-order valence-electron chi connectivity index (χ2n) is 7.06. The highest BCUT2D eigenvalue weighted by Gasteiger charge is 2.71. The first kappa shape index (κ1) is 11.9. The average Bonchev–Trinajstić information content (AvgIpc) is 3.06. The van der Waals surface area contributed by atoms with E-state index in [1.165, 1.54) is 0 Å². The molecule has 0 radical (unpaired) electrons. The Bertz CT molecular complexity index is 487. The third-order valence-electron chi connectivity index (χ3n) is 6.29. The fraction of sp³-hybridized carbons (Fsp3) is 0.800. The van der Waals surface area contributed by atoms with Crippen molar-refractivity contribution in [1.82, 2.24) is 0 Å². The molecule has 2 saturated carbocycles. The zero-order valence-electron chi connectivity index (χ0n) is 11.4. The van der Waals surface area contributed by atoms with Crippen LogP contribution in [-0.4, -0.2) is 35.0 Å². The lowest BCUT2D eigenvalue weighted by Crippen LogP contribution is -2.63. The standard InChI is InChI=1S/C15H20O4/c1-7-4-10-12(18-10)15(17)6-11-9(5-14(7,15)3)8(2)13(16)19-11/h7,9-12,17H,2,4-6H2,1,3H3/t7-,9+,10+,11+,12+,14+,15-/m0/s1. The Hall–Kier alpha value is -0.870. The lowest BCUT2D eigenvalue weighted by Gasteiger charge is -2.55. The maximum Gasteiger partial charge on any atom is 0.334 e. The molecule has 0 aromatic carbocycles.